The molecule has 3 aromatic carbocycles. The first-order chi connectivity index (χ1) is 15.8. The number of amides is 2. The Balaban J connectivity index is 1.50. The number of carbonyl (C=O) groups excluding carboxylic acids is 2. The molecule has 0 radical (unpaired) electrons. The Labute approximate surface area is 196 Å². The molecule has 33 heavy (non-hydrogen) atoms. The highest BCUT2D eigenvalue weighted by molar-refractivity contribution is 6.00. The fraction of sp³-hybridized carbons (Fsp3) is 0.357. The van der Waals surface area contributed by atoms with Gasteiger partial charge in [-0.25, -0.2) is 0 Å². The maximum atomic E-state index is 13.2. The lowest BCUT2D eigenvalue weighted by Gasteiger charge is -2.27. The van der Waals surface area contributed by atoms with Crippen molar-refractivity contribution >= 4 is 28.3 Å². The van der Waals surface area contributed by atoms with Crippen LogP contribution in [0.2, 0.25) is 0 Å². The van der Waals surface area contributed by atoms with Crippen molar-refractivity contribution in [2.24, 2.45) is 0 Å². The normalized spacial score (nSPS) is 17.3. The van der Waals surface area contributed by atoms with E-state index in [-0.39, 0.29) is 23.9 Å². The molecule has 0 spiro atoms. The minimum atomic E-state index is -0.153. The molecule has 172 valence electrons. The van der Waals surface area contributed by atoms with Gasteiger partial charge in [0, 0.05) is 17.3 Å². The van der Waals surface area contributed by atoms with Crippen molar-refractivity contribution in [2.75, 3.05) is 11.9 Å². The van der Waals surface area contributed by atoms with Gasteiger partial charge in [0.05, 0.1) is 12.1 Å². The molecule has 0 saturated carbocycles. The molecule has 5 heteroatoms. The first kappa shape index (κ1) is 23.0. The van der Waals surface area contributed by atoms with Crippen LogP contribution in [-0.2, 0) is 4.79 Å². The Morgan fingerprint density at radius 3 is 2.55 bits per heavy atom. The zero-order chi connectivity index (χ0) is 23.5. The highest BCUT2D eigenvalue weighted by Crippen LogP contribution is 2.26. The second-order valence-corrected chi connectivity index (χ2v) is 9.27. The molecular weight excluding hydrogens is 410 g/mol. The van der Waals surface area contributed by atoms with Gasteiger partial charge in [0.2, 0.25) is 5.91 Å². The predicted molar refractivity (Wildman–Crippen MR) is 135 cm³/mol. The Kier molecular flexibility index (Phi) is 6.80. The van der Waals surface area contributed by atoms with Crippen LogP contribution in [0.15, 0.2) is 60.7 Å². The Morgan fingerprint density at radius 1 is 1.00 bits per heavy atom. The number of carbonyl (C=O) groups is 2. The summed E-state index contributed by atoms with van der Waals surface area (Å²) in [5.41, 5.74) is 3.19. The van der Waals surface area contributed by atoms with Crippen LogP contribution in [0.3, 0.4) is 0 Å². The third-order valence-electron chi connectivity index (χ3n) is 6.65. The Morgan fingerprint density at radius 2 is 1.76 bits per heavy atom. The van der Waals surface area contributed by atoms with Crippen molar-refractivity contribution < 1.29 is 9.59 Å². The predicted octanol–water partition coefficient (Wildman–Crippen LogP) is 5.45. The number of rotatable bonds is 6. The van der Waals surface area contributed by atoms with E-state index in [1.165, 1.54) is 0 Å². The summed E-state index contributed by atoms with van der Waals surface area (Å²) in [6.07, 6.45) is 1.90. The Bertz CT molecular complexity index is 1170. The van der Waals surface area contributed by atoms with Crippen LogP contribution in [0.4, 0.5) is 5.69 Å². The molecule has 2 atom stereocenters. The molecule has 1 fully saturated rings. The maximum absolute atomic E-state index is 13.2. The van der Waals surface area contributed by atoms with Crippen molar-refractivity contribution in [3.8, 4) is 0 Å². The summed E-state index contributed by atoms with van der Waals surface area (Å²) in [5.74, 6) is -0.144. The third-order valence-corrected chi connectivity index (χ3v) is 6.65. The van der Waals surface area contributed by atoms with E-state index in [0.29, 0.717) is 17.3 Å². The number of nitrogens with one attached hydrogen (secondary N) is 2. The van der Waals surface area contributed by atoms with Gasteiger partial charge in [0.25, 0.3) is 5.91 Å². The average molecular weight is 444 g/mol. The van der Waals surface area contributed by atoms with Gasteiger partial charge in [-0.05, 0) is 81.1 Å². The molecule has 0 bridgehead atoms. The standard InChI is InChI=1S/C28H33N3O2/c1-18(2)31-16-8-13-26(31)28(33)30-22-15-14-19(3)25(17-22)27(32)29-20(4)23-12-7-10-21-9-5-6-11-24(21)23/h5-7,9-12,14-15,17-18,20,26H,8,13,16H2,1-4H3,(H,29,32)(H,30,33)/t20-,26-/m1/s1. The number of fused-ring (bicyclic) bond motifs is 1. The smallest absolute Gasteiger partial charge is 0.252 e. The van der Waals surface area contributed by atoms with Crippen LogP contribution >= 0.6 is 0 Å². The van der Waals surface area contributed by atoms with E-state index in [1.807, 2.05) is 44.2 Å². The molecule has 1 aliphatic heterocycles. The van der Waals surface area contributed by atoms with Crippen molar-refractivity contribution in [2.45, 2.75) is 58.7 Å². The fourth-order valence-corrected chi connectivity index (χ4v) is 4.84. The van der Waals surface area contributed by atoms with Crippen LogP contribution in [0.1, 0.15) is 61.1 Å². The monoisotopic (exact) mass is 443 g/mol. The largest absolute Gasteiger partial charge is 0.345 e. The number of hydrogen-bond acceptors (Lipinski definition) is 3. The van der Waals surface area contributed by atoms with Gasteiger partial charge < -0.3 is 10.6 Å². The molecular formula is C28H33N3O2. The maximum Gasteiger partial charge on any atom is 0.252 e. The van der Waals surface area contributed by atoms with Crippen molar-refractivity contribution in [3.05, 3.63) is 77.4 Å². The van der Waals surface area contributed by atoms with Crippen molar-refractivity contribution in [3.63, 3.8) is 0 Å². The summed E-state index contributed by atoms with van der Waals surface area (Å²) >= 11 is 0. The number of hydrogen-bond donors (Lipinski definition) is 2. The van der Waals surface area contributed by atoms with Gasteiger partial charge in [0.15, 0.2) is 0 Å². The molecule has 2 N–H and O–H groups in total. The lowest BCUT2D eigenvalue weighted by molar-refractivity contribution is -0.120. The van der Waals surface area contributed by atoms with Crippen molar-refractivity contribution in [1.29, 1.82) is 0 Å². The van der Waals surface area contributed by atoms with E-state index >= 15 is 0 Å². The summed E-state index contributed by atoms with van der Waals surface area (Å²) < 4.78 is 0. The van der Waals surface area contributed by atoms with Gasteiger partial charge >= 0.3 is 0 Å². The minimum Gasteiger partial charge on any atom is -0.345 e. The average Bonchev–Trinajstić information content (AvgIpc) is 3.30. The van der Waals surface area contributed by atoms with E-state index in [9.17, 15) is 9.59 Å². The molecule has 1 aliphatic rings. The molecule has 2 amide bonds. The van der Waals surface area contributed by atoms with Gasteiger partial charge in [-0.15, -0.1) is 0 Å². The highest BCUT2D eigenvalue weighted by Gasteiger charge is 2.32. The Hall–Kier alpha value is -3.18. The van der Waals surface area contributed by atoms with Gasteiger partial charge in [0.1, 0.15) is 0 Å². The quantitative estimate of drug-likeness (QED) is 0.532. The van der Waals surface area contributed by atoms with Crippen LogP contribution in [0, 0.1) is 6.92 Å². The summed E-state index contributed by atoms with van der Waals surface area (Å²) in [6, 6.07) is 20.0. The molecule has 0 aromatic heterocycles. The van der Waals surface area contributed by atoms with E-state index in [2.05, 4.69) is 53.6 Å². The zero-order valence-electron chi connectivity index (χ0n) is 19.9. The molecule has 0 unspecified atom stereocenters. The summed E-state index contributed by atoms with van der Waals surface area (Å²) in [6.45, 7) is 9.11. The summed E-state index contributed by atoms with van der Waals surface area (Å²) in [4.78, 5) is 28.4. The SMILES string of the molecule is Cc1ccc(NC(=O)[C@H]2CCCN2C(C)C)cc1C(=O)N[C@H](C)c1cccc2ccccc12. The second-order valence-electron chi connectivity index (χ2n) is 9.27. The van der Waals surface area contributed by atoms with Gasteiger partial charge in [-0.2, -0.15) is 0 Å². The number of benzene rings is 3. The highest BCUT2D eigenvalue weighted by atomic mass is 16.2. The number of likely N-dealkylation sites (tertiary alicyclic amines) is 1. The number of anilines is 1. The first-order valence-electron chi connectivity index (χ1n) is 11.8. The number of nitrogens with zero attached hydrogens (tertiary/aromatic N) is 1. The first-order valence-corrected chi connectivity index (χ1v) is 11.8. The molecule has 1 heterocycles. The molecule has 4 rings (SSSR count). The lowest BCUT2D eigenvalue weighted by Crippen LogP contribution is -2.43. The number of aryl methyl sites for hydroxylation is 1. The molecule has 3 aromatic rings. The van der Waals surface area contributed by atoms with Gasteiger partial charge in [-0.1, -0.05) is 48.5 Å². The van der Waals surface area contributed by atoms with Crippen LogP contribution in [0.25, 0.3) is 10.8 Å². The minimum absolute atomic E-state index is 0.000495. The van der Waals surface area contributed by atoms with E-state index in [0.717, 1.165) is 41.3 Å². The second kappa shape index (κ2) is 9.75. The van der Waals surface area contributed by atoms with Crippen LogP contribution in [0.5, 0.6) is 0 Å². The summed E-state index contributed by atoms with van der Waals surface area (Å²) in [7, 11) is 0. The molecule has 1 saturated heterocycles. The van der Waals surface area contributed by atoms with Crippen molar-refractivity contribution in [1.82, 2.24) is 10.2 Å². The third kappa shape index (κ3) is 4.93. The van der Waals surface area contributed by atoms with Gasteiger partial charge in [-0.3, -0.25) is 14.5 Å². The van der Waals surface area contributed by atoms with Crippen LogP contribution < -0.4 is 10.6 Å². The summed E-state index contributed by atoms with van der Waals surface area (Å²) in [5, 5.41) is 8.47. The lowest BCUT2D eigenvalue weighted by atomic mass is 9.99. The van der Waals surface area contributed by atoms with Crippen LogP contribution in [-0.4, -0.2) is 35.3 Å². The van der Waals surface area contributed by atoms with E-state index in [4.69, 9.17) is 0 Å². The molecule has 0 aliphatic carbocycles. The topological polar surface area (TPSA) is 61.4 Å². The molecule has 5 nitrogen and oxygen atoms in total. The van der Waals surface area contributed by atoms with E-state index in [1.54, 1.807) is 6.07 Å². The fourth-order valence-electron chi connectivity index (χ4n) is 4.84. The zero-order valence-corrected chi connectivity index (χ0v) is 19.9. The van der Waals surface area contributed by atoms with E-state index < -0.39 is 0 Å².